The van der Waals surface area contributed by atoms with Crippen molar-refractivity contribution >= 4 is 35.0 Å². The van der Waals surface area contributed by atoms with Crippen LogP contribution < -0.4 is 16.2 Å². The SMILES string of the molecule is CC(=O)Nc1c(C)cc(C)cc1-c1nnc(S[C@H](C)C(=O)Nc2ccccc2)[nH]c1=O. The Labute approximate surface area is 183 Å². The number of amides is 2. The molecule has 3 aromatic rings. The lowest BCUT2D eigenvalue weighted by Gasteiger charge is -2.14. The second-order valence-corrected chi connectivity index (χ2v) is 8.44. The lowest BCUT2D eigenvalue weighted by Crippen LogP contribution is -2.23. The summed E-state index contributed by atoms with van der Waals surface area (Å²) in [6.07, 6.45) is 0. The maximum Gasteiger partial charge on any atom is 0.278 e. The fourth-order valence-electron chi connectivity index (χ4n) is 3.03. The zero-order valence-corrected chi connectivity index (χ0v) is 18.5. The van der Waals surface area contributed by atoms with Gasteiger partial charge in [-0.15, -0.1) is 10.2 Å². The first kappa shape index (κ1) is 22.2. The van der Waals surface area contributed by atoms with Gasteiger partial charge in [0.15, 0.2) is 10.9 Å². The first-order valence-corrected chi connectivity index (χ1v) is 10.5. The minimum Gasteiger partial charge on any atom is -0.325 e. The van der Waals surface area contributed by atoms with Gasteiger partial charge in [0.25, 0.3) is 5.56 Å². The molecule has 9 heteroatoms. The average Bonchev–Trinajstić information content (AvgIpc) is 2.70. The van der Waals surface area contributed by atoms with Crippen molar-refractivity contribution in [1.82, 2.24) is 15.2 Å². The highest BCUT2D eigenvalue weighted by atomic mass is 32.2. The van der Waals surface area contributed by atoms with Crippen molar-refractivity contribution < 1.29 is 9.59 Å². The predicted octanol–water partition coefficient (Wildman–Crippen LogP) is 3.53. The molecule has 1 aromatic heterocycles. The van der Waals surface area contributed by atoms with Crippen molar-refractivity contribution in [2.45, 2.75) is 38.1 Å². The van der Waals surface area contributed by atoms with Crippen LogP contribution >= 0.6 is 11.8 Å². The molecule has 1 atom stereocenters. The number of H-pyrrole nitrogens is 1. The Hall–Kier alpha value is -3.46. The maximum absolute atomic E-state index is 12.8. The summed E-state index contributed by atoms with van der Waals surface area (Å²) in [6, 6.07) is 12.8. The fourth-order valence-corrected chi connectivity index (χ4v) is 3.77. The summed E-state index contributed by atoms with van der Waals surface area (Å²) in [5.41, 5.74) is 3.09. The first-order valence-electron chi connectivity index (χ1n) is 9.63. The van der Waals surface area contributed by atoms with Crippen LogP contribution in [0.25, 0.3) is 11.3 Å². The lowest BCUT2D eigenvalue weighted by molar-refractivity contribution is -0.115. The summed E-state index contributed by atoms with van der Waals surface area (Å²) in [7, 11) is 0. The van der Waals surface area contributed by atoms with Crippen molar-refractivity contribution in [2.75, 3.05) is 10.6 Å². The highest BCUT2D eigenvalue weighted by Crippen LogP contribution is 2.30. The number of rotatable bonds is 6. The van der Waals surface area contributed by atoms with Gasteiger partial charge in [-0.1, -0.05) is 41.6 Å². The van der Waals surface area contributed by atoms with Crippen LogP contribution in [0.3, 0.4) is 0 Å². The quantitative estimate of drug-likeness (QED) is 0.508. The monoisotopic (exact) mass is 437 g/mol. The van der Waals surface area contributed by atoms with E-state index in [2.05, 4.69) is 25.8 Å². The van der Waals surface area contributed by atoms with Crippen LogP contribution in [0.1, 0.15) is 25.0 Å². The summed E-state index contributed by atoms with van der Waals surface area (Å²) in [4.78, 5) is 39.5. The van der Waals surface area contributed by atoms with E-state index < -0.39 is 10.8 Å². The van der Waals surface area contributed by atoms with Gasteiger partial charge >= 0.3 is 0 Å². The van der Waals surface area contributed by atoms with Crippen LogP contribution in [0.4, 0.5) is 11.4 Å². The van der Waals surface area contributed by atoms with Crippen LogP contribution in [-0.4, -0.2) is 32.2 Å². The van der Waals surface area contributed by atoms with Crippen LogP contribution in [0.15, 0.2) is 52.4 Å². The van der Waals surface area contributed by atoms with E-state index in [0.29, 0.717) is 16.9 Å². The van der Waals surface area contributed by atoms with Crippen molar-refractivity contribution in [1.29, 1.82) is 0 Å². The molecule has 0 aliphatic heterocycles. The van der Waals surface area contributed by atoms with Gasteiger partial charge in [-0.25, -0.2) is 0 Å². The number of benzene rings is 2. The molecule has 0 bridgehead atoms. The molecule has 1 heterocycles. The zero-order chi connectivity index (χ0) is 22.5. The zero-order valence-electron chi connectivity index (χ0n) is 17.6. The number of aromatic nitrogens is 3. The Morgan fingerprint density at radius 1 is 1.06 bits per heavy atom. The topological polar surface area (TPSA) is 117 Å². The molecule has 0 aliphatic rings. The Kier molecular flexibility index (Phi) is 6.86. The van der Waals surface area contributed by atoms with E-state index in [0.717, 1.165) is 22.9 Å². The molecule has 2 aromatic carbocycles. The number of carbonyl (C=O) groups excluding carboxylic acids is 2. The molecular weight excluding hydrogens is 414 g/mol. The minimum atomic E-state index is -0.507. The second-order valence-electron chi connectivity index (χ2n) is 7.11. The van der Waals surface area contributed by atoms with Crippen LogP contribution in [-0.2, 0) is 9.59 Å². The third kappa shape index (κ3) is 5.58. The number of anilines is 2. The number of hydrogen-bond acceptors (Lipinski definition) is 6. The third-order valence-electron chi connectivity index (χ3n) is 4.41. The van der Waals surface area contributed by atoms with Crippen molar-refractivity contribution in [3.8, 4) is 11.3 Å². The van der Waals surface area contributed by atoms with Gasteiger partial charge in [0.2, 0.25) is 11.8 Å². The van der Waals surface area contributed by atoms with Gasteiger partial charge in [0, 0.05) is 18.2 Å². The highest BCUT2D eigenvalue weighted by molar-refractivity contribution is 8.00. The van der Waals surface area contributed by atoms with Crippen LogP contribution in [0.5, 0.6) is 0 Å². The number of nitrogens with one attached hydrogen (secondary N) is 3. The number of nitrogens with zero attached hydrogens (tertiary/aromatic N) is 2. The molecule has 3 N–H and O–H groups in total. The van der Waals surface area contributed by atoms with Gasteiger partial charge in [-0.05, 0) is 44.5 Å². The maximum atomic E-state index is 12.8. The lowest BCUT2D eigenvalue weighted by atomic mass is 10.0. The van der Waals surface area contributed by atoms with Gasteiger partial charge in [-0.3, -0.25) is 19.4 Å². The predicted molar refractivity (Wildman–Crippen MR) is 122 cm³/mol. The number of aryl methyl sites for hydroxylation is 2. The summed E-state index contributed by atoms with van der Waals surface area (Å²) >= 11 is 1.10. The molecule has 160 valence electrons. The van der Waals surface area contributed by atoms with Crippen molar-refractivity contribution in [2.24, 2.45) is 0 Å². The molecule has 31 heavy (non-hydrogen) atoms. The molecule has 0 unspecified atom stereocenters. The van der Waals surface area contributed by atoms with E-state index in [-0.39, 0.29) is 22.7 Å². The number of para-hydroxylation sites is 1. The number of aromatic amines is 1. The van der Waals surface area contributed by atoms with E-state index in [1.54, 1.807) is 25.1 Å². The molecule has 0 saturated heterocycles. The Morgan fingerprint density at radius 2 is 1.77 bits per heavy atom. The van der Waals surface area contributed by atoms with Gasteiger partial charge < -0.3 is 10.6 Å². The van der Waals surface area contributed by atoms with Gasteiger partial charge in [0.05, 0.1) is 10.9 Å². The molecule has 0 aliphatic carbocycles. The normalized spacial score (nSPS) is 11.6. The number of hydrogen-bond donors (Lipinski definition) is 3. The molecule has 0 spiro atoms. The Balaban J connectivity index is 1.83. The van der Waals surface area contributed by atoms with Crippen molar-refractivity contribution in [3.05, 3.63) is 63.9 Å². The van der Waals surface area contributed by atoms with E-state index in [1.807, 2.05) is 38.1 Å². The molecule has 0 radical (unpaired) electrons. The number of carbonyl (C=O) groups is 2. The smallest absolute Gasteiger partial charge is 0.278 e. The van der Waals surface area contributed by atoms with E-state index in [1.165, 1.54) is 6.92 Å². The summed E-state index contributed by atoms with van der Waals surface area (Å²) < 4.78 is 0. The summed E-state index contributed by atoms with van der Waals surface area (Å²) in [5.74, 6) is -0.465. The Bertz CT molecular complexity index is 1180. The molecule has 3 rings (SSSR count). The third-order valence-corrected chi connectivity index (χ3v) is 5.39. The summed E-state index contributed by atoms with van der Waals surface area (Å²) in [6.45, 7) is 6.86. The van der Waals surface area contributed by atoms with E-state index in [4.69, 9.17) is 0 Å². The first-order chi connectivity index (χ1) is 14.7. The minimum absolute atomic E-state index is 0.0984. The Morgan fingerprint density at radius 3 is 2.42 bits per heavy atom. The standard InChI is InChI=1S/C22H23N5O3S/c1-12-10-13(2)18(23-15(4)28)17(11-12)19-21(30)25-22(27-26-19)31-14(3)20(29)24-16-8-6-5-7-9-16/h5-11,14H,1-4H3,(H,23,28)(H,24,29)(H,25,27,30)/t14-/m1/s1. The van der Waals surface area contributed by atoms with Gasteiger partial charge in [0.1, 0.15) is 0 Å². The molecular formula is C22H23N5O3S. The van der Waals surface area contributed by atoms with Gasteiger partial charge in [-0.2, -0.15) is 0 Å². The van der Waals surface area contributed by atoms with Crippen LogP contribution in [0.2, 0.25) is 0 Å². The van der Waals surface area contributed by atoms with E-state index in [9.17, 15) is 14.4 Å². The molecule has 2 amide bonds. The molecule has 0 fully saturated rings. The molecule has 0 saturated carbocycles. The van der Waals surface area contributed by atoms with Crippen LogP contribution in [0, 0.1) is 13.8 Å². The molecule has 8 nitrogen and oxygen atoms in total. The highest BCUT2D eigenvalue weighted by Gasteiger charge is 2.19. The van der Waals surface area contributed by atoms with Crippen molar-refractivity contribution in [3.63, 3.8) is 0 Å². The number of thioether (sulfide) groups is 1. The second kappa shape index (κ2) is 9.57. The van der Waals surface area contributed by atoms with E-state index >= 15 is 0 Å². The summed E-state index contributed by atoms with van der Waals surface area (Å²) in [5, 5.41) is 13.5. The fraction of sp³-hybridized carbons (Fsp3) is 0.227. The average molecular weight is 438 g/mol. The largest absolute Gasteiger partial charge is 0.325 e.